The number of methoxy groups -OCH3 is 1. The summed E-state index contributed by atoms with van der Waals surface area (Å²) in [6.45, 7) is 7.02. The van der Waals surface area contributed by atoms with Gasteiger partial charge in [-0.25, -0.2) is 0 Å². The van der Waals surface area contributed by atoms with Crippen molar-refractivity contribution in [2.45, 2.75) is 20.0 Å². The summed E-state index contributed by atoms with van der Waals surface area (Å²) < 4.78 is 21.2. The SMILES string of the molecule is COCCOCCOCCOc1ccc(C(C)O)cc1C. The molecular weight excluding hydrogens is 272 g/mol. The van der Waals surface area contributed by atoms with Crippen LogP contribution in [-0.2, 0) is 14.2 Å². The van der Waals surface area contributed by atoms with Crippen molar-refractivity contribution in [3.8, 4) is 5.75 Å². The molecule has 21 heavy (non-hydrogen) atoms. The minimum atomic E-state index is -0.459. The second-order valence-electron chi connectivity index (χ2n) is 4.77. The lowest BCUT2D eigenvalue weighted by Gasteiger charge is -2.12. The van der Waals surface area contributed by atoms with Crippen LogP contribution >= 0.6 is 0 Å². The number of ether oxygens (including phenoxy) is 4. The molecule has 0 saturated heterocycles. The maximum atomic E-state index is 9.51. The van der Waals surface area contributed by atoms with Crippen LogP contribution in [0.15, 0.2) is 18.2 Å². The molecule has 5 nitrogen and oxygen atoms in total. The number of aryl methyl sites for hydroxylation is 1. The number of aliphatic hydroxyl groups excluding tert-OH is 1. The van der Waals surface area contributed by atoms with Gasteiger partial charge in [0.05, 0.1) is 39.1 Å². The molecule has 0 amide bonds. The Kier molecular flexibility index (Phi) is 9.01. The number of benzene rings is 1. The Morgan fingerprint density at radius 2 is 1.62 bits per heavy atom. The summed E-state index contributed by atoms with van der Waals surface area (Å²) in [5, 5.41) is 9.51. The molecule has 0 aliphatic heterocycles. The van der Waals surface area contributed by atoms with Crippen LogP contribution in [0.3, 0.4) is 0 Å². The van der Waals surface area contributed by atoms with Gasteiger partial charge in [-0.05, 0) is 37.1 Å². The summed E-state index contributed by atoms with van der Waals surface area (Å²) >= 11 is 0. The van der Waals surface area contributed by atoms with Gasteiger partial charge in [0.1, 0.15) is 12.4 Å². The first-order valence-electron chi connectivity index (χ1n) is 7.21. The summed E-state index contributed by atoms with van der Waals surface area (Å²) in [5.41, 5.74) is 1.90. The maximum absolute atomic E-state index is 9.51. The highest BCUT2D eigenvalue weighted by atomic mass is 16.6. The van der Waals surface area contributed by atoms with E-state index in [0.29, 0.717) is 39.6 Å². The first-order valence-corrected chi connectivity index (χ1v) is 7.21. The van der Waals surface area contributed by atoms with E-state index >= 15 is 0 Å². The normalized spacial score (nSPS) is 12.4. The van der Waals surface area contributed by atoms with E-state index in [-0.39, 0.29) is 0 Å². The van der Waals surface area contributed by atoms with Crippen molar-refractivity contribution in [1.29, 1.82) is 0 Å². The lowest BCUT2D eigenvalue weighted by Crippen LogP contribution is -2.12. The lowest BCUT2D eigenvalue weighted by atomic mass is 10.1. The third kappa shape index (κ3) is 7.43. The molecule has 1 unspecified atom stereocenters. The minimum absolute atomic E-state index is 0.459. The lowest BCUT2D eigenvalue weighted by molar-refractivity contribution is 0.0179. The molecule has 0 bridgehead atoms. The molecule has 1 aromatic carbocycles. The predicted octanol–water partition coefficient (Wildman–Crippen LogP) is 2.11. The van der Waals surface area contributed by atoms with Crippen molar-refractivity contribution < 1.29 is 24.1 Å². The number of hydrogen-bond donors (Lipinski definition) is 1. The van der Waals surface area contributed by atoms with Crippen LogP contribution in [0.2, 0.25) is 0 Å². The van der Waals surface area contributed by atoms with Gasteiger partial charge in [0.2, 0.25) is 0 Å². The van der Waals surface area contributed by atoms with Gasteiger partial charge in [-0.15, -0.1) is 0 Å². The summed E-state index contributed by atoms with van der Waals surface area (Å²) in [4.78, 5) is 0. The van der Waals surface area contributed by atoms with Gasteiger partial charge in [0, 0.05) is 7.11 Å². The van der Waals surface area contributed by atoms with Crippen molar-refractivity contribution in [3.63, 3.8) is 0 Å². The summed E-state index contributed by atoms with van der Waals surface area (Å²) in [6.07, 6.45) is -0.459. The molecule has 0 aromatic heterocycles. The Labute approximate surface area is 126 Å². The number of aliphatic hydroxyl groups is 1. The fraction of sp³-hybridized carbons (Fsp3) is 0.625. The van der Waals surface area contributed by atoms with Crippen LogP contribution < -0.4 is 4.74 Å². The van der Waals surface area contributed by atoms with E-state index in [9.17, 15) is 5.11 Å². The molecule has 5 heteroatoms. The van der Waals surface area contributed by atoms with Gasteiger partial charge in [-0.1, -0.05) is 6.07 Å². The zero-order valence-electron chi connectivity index (χ0n) is 13.1. The quantitative estimate of drug-likeness (QED) is 0.634. The zero-order chi connectivity index (χ0) is 15.5. The van der Waals surface area contributed by atoms with Crippen molar-refractivity contribution >= 4 is 0 Å². The topological polar surface area (TPSA) is 57.2 Å². The molecule has 1 N–H and O–H groups in total. The van der Waals surface area contributed by atoms with Crippen molar-refractivity contribution in [3.05, 3.63) is 29.3 Å². The van der Waals surface area contributed by atoms with Crippen molar-refractivity contribution in [2.75, 3.05) is 46.8 Å². The molecule has 1 aromatic rings. The molecule has 0 spiro atoms. The van der Waals surface area contributed by atoms with Crippen LogP contribution in [0.25, 0.3) is 0 Å². The van der Waals surface area contributed by atoms with E-state index in [1.54, 1.807) is 14.0 Å². The summed E-state index contributed by atoms with van der Waals surface area (Å²) in [5.74, 6) is 0.819. The fourth-order valence-corrected chi connectivity index (χ4v) is 1.77. The number of rotatable bonds is 11. The number of hydrogen-bond acceptors (Lipinski definition) is 5. The van der Waals surface area contributed by atoms with Crippen LogP contribution in [0.5, 0.6) is 5.75 Å². The van der Waals surface area contributed by atoms with Crippen LogP contribution in [-0.4, -0.2) is 51.9 Å². The zero-order valence-corrected chi connectivity index (χ0v) is 13.1. The third-order valence-electron chi connectivity index (χ3n) is 2.97. The highest BCUT2D eigenvalue weighted by Crippen LogP contribution is 2.22. The third-order valence-corrected chi connectivity index (χ3v) is 2.97. The van der Waals surface area contributed by atoms with Crippen LogP contribution in [0.1, 0.15) is 24.2 Å². The molecule has 120 valence electrons. The second-order valence-corrected chi connectivity index (χ2v) is 4.77. The average Bonchev–Trinajstić information content (AvgIpc) is 2.46. The van der Waals surface area contributed by atoms with E-state index in [1.165, 1.54) is 0 Å². The molecular formula is C16H26O5. The van der Waals surface area contributed by atoms with E-state index in [0.717, 1.165) is 16.9 Å². The molecule has 0 aliphatic carbocycles. The fourth-order valence-electron chi connectivity index (χ4n) is 1.77. The van der Waals surface area contributed by atoms with Crippen molar-refractivity contribution in [1.82, 2.24) is 0 Å². The second kappa shape index (κ2) is 10.6. The maximum Gasteiger partial charge on any atom is 0.122 e. The van der Waals surface area contributed by atoms with E-state index in [4.69, 9.17) is 18.9 Å². The highest BCUT2D eigenvalue weighted by molar-refractivity contribution is 5.36. The van der Waals surface area contributed by atoms with Gasteiger partial charge in [-0.2, -0.15) is 0 Å². The molecule has 0 aliphatic rings. The first kappa shape index (κ1) is 17.9. The molecule has 0 heterocycles. The van der Waals surface area contributed by atoms with Crippen LogP contribution in [0, 0.1) is 6.92 Å². The Morgan fingerprint density at radius 3 is 2.19 bits per heavy atom. The van der Waals surface area contributed by atoms with Gasteiger partial charge in [0.15, 0.2) is 0 Å². The highest BCUT2D eigenvalue weighted by Gasteiger charge is 2.05. The van der Waals surface area contributed by atoms with Crippen LogP contribution in [0.4, 0.5) is 0 Å². The predicted molar refractivity (Wildman–Crippen MR) is 80.8 cm³/mol. The summed E-state index contributed by atoms with van der Waals surface area (Å²) in [7, 11) is 1.65. The first-order chi connectivity index (χ1) is 10.1. The van der Waals surface area contributed by atoms with E-state index in [1.807, 2.05) is 25.1 Å². The largest absolute Gasteiger partial charge is 0.491 e. The smallest absolute Gasteiger partial charge is 0.122 e. The van der Waals surface area contributed by atoms with Gasteiger partial charge in [0.25, 0.3) is 0 Å². The Morgan fingerprint density at radius 1 is 1.00 bits per heavy atom. The molecule has 0 saturated carbocycles. The summed E-state index contributed by atoms with van der Waals surface area (Å²) in [6, 6.07) is 5.69. The minimum Gasteiger partial charge on any atom is -0.491 e. The van der Waals surface area contributed by atoms with E-state index < -0.39 is 6.10 Å². The average molecular weight is 298 g/mol. The monoisotopic (exact) mass is 298 g/mol. The van der Waals surface area contributed by atoms with E-state index in [2.05, 4.69) is 0 Å². The molecule has 1 atom stereocenters. The Bertz CT molecular complexity index is 392. The molecule has 1 rings (SSSR count). The molecule has 0 fully saturated rings. The van der Waals surface area contributed by atoms with Gasteiger partial charge >= 0.3 is 0 Å². The standard InChI is InChI=1S/C16H26O5/c1-13-12-15(14(2)17)4-5-16(13)21-11-10-20-9-8-19-7-6-18-3/h4-5,12,14,17H,6-11H2,1-3H3. The Hall–Kier alpha value is -1.14. The molecule has 0 radical (unpaired) electrons. The Balaban J connectivity index is 2.13. The van der Waals surface area contributed by atoms with Crippen molar-refractivity contribution in [2.24, 2.45) is 0 Å². The van der Waals surface area contributed by atoms with Gasteiger partial charge < -0.3 is 24.1 Å². The van der Waals surface area contributed by atoms with Gasteiger partial charge in [-0.3, -0.25) is 0 Å².